The quantitative estimate of drug-likeness (QED) is 0.838. The third-order valence-electron chi connectivity index (χ3n) is 1.98. The van der Waals surface area contributed by atoms with Crippen LogP contribution in [0, 0.1) is 0 Å². The summed E-state index contributed by atoms with van der Waals surface area (Å²) in [7, 11) is 1.07. The van der Waals surface area contributed by atoms with Crippen molar-refractivity contribution in [2.75, 3.05) is 7.11 Å². The average molecular weight is 283 g/mol. The van der Waals surface area contributed by atoms with Gasteiger partial charge >= 0.3 is 12.3 Å². The normalized spacial score (nSPS) is 11.2. The molecule has 0 radical (unpaired) electrons. The maximum Gasteiger partial charge on any atom is 0.573 e. The van der Waals surface area contributed by atoms with Crippen LogP contribution in [0.5, 0.6) is 11.6 Å². The highest BCUT2D eigenvalue weighted by atomic mass is 19.4. The van der Waals surface area contributed by atoms with Crippen LogP contribution in [0.4, 0.5) is 17.6 Å². The molecule has 1 aromatic rings. The van der Waals surface area contributed by atoms with E-state index in [9.17, 15) is 22.4 Å². The van der Waals surface area contributed by atoms with Crippen LogP contribution in [0.25, 0.3) is 0 Å². The number of aliphatic carboxylic acids is 1. The zero-order valence-electron chi connectivity index (χ0n) is 9.62. The maximum absolute atomic E-state index is 12.7. The van der Waals surface area contributed by atoms with Gasteiger partial charge in [0.15, 0.2) is 0 Å². The summed E-state index contributed by atoms with van der Waals surface area (Å²) in [5.41, 5.74) is -0.769. The van der Waals surface area contributed by atoms with Gasteiger partial charge in [-0.05, 0) is 0 Å². The molecule has 0 amide bonds. The molecule has 0 aliphatic carbocycles. The van der Waals surface area contributed by atoms with E-state index >= 15 is 0 Å². The molecule has 5 nitrogen and oxygen atoms in total. The highest BCUT2D eigenvalue weighted by Crippen LogP contribution is 2.33. The summed E-state index contributed by atoms with van der Waals surface area (Å²) in [6, 6.07) is 0.721. The molecule has 0 bridgehead atoms. The molecule has 0 fully saturated rings. The van der Waals surface area contributed by atoms with Gasteiger partial charge in [-0.1, -0.05) is 0 Å². The molecule has 0 aliphatic heterocycles. The number of carbonyl (C=O) groups is 1. The molecule has 0 aliphatic rings. The van der Waals surface area contributed by atoms with E-state index in [-0.39, 0.29) is 5.69 Å². The molecular weight excluding hydrogens is 274 g/mol. The predicted molar refractivity (Wildman–Crippen MR) is 53.6 cm³/mol. The SMILES string of the molecule is COc1nc(CC(=O)O)cc(OC(F)(F)F)c1CF. The van der Waals surface area contributed by atoms with E-state index in [0.29, 0.717) is 0 Å². The Balaban J connectivity index is 3.27. The zero-order chi connectivity index (χ0) is 14.6. The molecule has 0 atom stereocenters. The maximum atomic E-state index is 12.7. The molecule has 19 heavy (non-hydrogen) atoms. The monoisotopic (exact) mass is 283 g/mol. The Morgan fingerprint density at radius 3 is 2.53 bits per heavy atom. The molecule has 1 rings (SSSR count). The minimum absolute atomic E-state index is 0.235. The molecule has 0 saturated heterocycles. The highest BCUT2D eigenvalue weighted by Gasteiger charge is 2.33. The van der Waals surface area contributed by atoms with Crippen LogP contribution >= 0.6 is 0 Å². The number of ether oxygens (including phenoxy) is 2. The third-order valence-corrected chi connectivity index (χ3v) is 1.98. The lowest BCUT2D eigenvalue weighted by atomic mass is 10.2. The van der Waals surface area contributed by atoms with Crippen molar-refractivity contribution in [3.8, 4) is 11.6 Å². The number of halogens is 4. The van der Waals surface area contributed by atoms with E-state index in [2.05, 4.69) is 14.5 Å². The molecule has 0 saturated carbocycles. The summed E-state index contributed by atoms with van der Waals surface area (Å²) in [5.74, 6) is -2.61. The lowest BCUT2D eigenvalue weighted by Crippen LogP contribution is -2.19. The summed E-state index contributed by atoms with van der Waals surface area (Å²) in [6.45, 7) is -1.30. The Morgan fingerprint density at radius 2 is 2.11 bits per heavy atom. The largest absolute Gasteiger partial charge is 0.573 e. The van der Waals surface area contributed by atoms with Crippen molar-refractivity contribution in [2.24, 2.45) is 0 Å². The second kappa shape index (κ2) is 5.72. The Morgan fingerprint density at radius 1 is 1.47 bits per heavy atom. The van der Waals surface area contributed by atoms with Crippen LogP contribution in [-0.4, -0.2) is 29.5 Å². The fourth-order valence-corrected chi connectivity index (χ4v) is 1.33. The predicted octanol–water partition coefficient (Wildman–Crippen LogP) is 2.09. The average Bonchev–Trinajstić information content (AvgIpc) is 2.25. The first kappa shape index (κ1) is 15.0. The van der Waals surface area contributed by atoms with Gasteiger partial charge in [-0.25, -0.2) is 9.37 Å². The van der Waals surface area contributed by atoms with E-state index in [1.165, 1.54) is 0 Å². The third kappa shape index (κ3) is 4.27. The van der Waals surface area contributed by atoms with E-state index < -0.39 is 42.6 Å². The number of hydrogen-bond donors (Lipinski definition) is 1. The number of nitrogens with zero attached hydrogens (tertiary/aromatic N) is 1. The molecule has 1 heterocycles. The first-order chi connectivity index (χ1) is 8.76. The fraction of sp³-hybridized carbons (Fsp3) is 0.400. The molecule has 0 spiro atoms. The topological polar surface area (TPSA) is 68.7 Å². The smallest absolute Gasteiger partial charge is 0.481 e. The van der Waals surface area contributed by atoms with Crippen molar-refractivity contribution in [1.29, 1.82) is 0 Å². The van der Waals surface area contributed by atoms with Gasteiger partial charge in [-0.2, -0.15) is 0 Å². The molecule has 0 unspecified atom stereocenters. The van der Waals surface area contributed by atoms with Crippen LogP contribution in [0.15, 0.2) is 6.07 Å². The van der Waals surface area contributed by atoms with Gasteiger partial charge in [0.1, 0.15) is 12.4 Å². The first-order valence-corrected chi connectivity index (χ1v) is 4.87. The van der Waals surface area contributed by atoms with E-state index in [4.69, 9.17) is 5.11 Å². The summed E-state index contributed by atoms with van der Waals surface area (Å²) in [6.07, 6.45) is -5.67. The number of alkyl halides is 4. The van der Waals surface area contributed by atoms with Gasteiger partial charge in [0.2, 0.25) is 5.88 Å². The van der Waals surface area contributed by atoms with Crippen molar-refractivity contribution in [3.05, 3.63) is 17.3 Å². The standard InChI is InChI=1S/C10H9F4NO4/c1-18-9-6(4-11)7(19-10(12,13)14)2-5(15-9)3-8(16)17/h2H,3-4H2,1H3,(H,16,17). The van der Waals surface area contributed by atoms with Crippen LogP contribution < -0.4 is 9.47 Å². The number of pyridine rings is 1. The van der Waals surface area contributed by atoms with Crippen molar-refractivity contribution in [1.82, 2.24) is 4.98 Å². The van der Waals surface area contributed by atoms with Gasteiger partial charge in [-0.15, -0.1) is 13.2 Å². The van der Waals surface area contributed by atoms with Gasteiger partial charge in [0, 0.05) is 6.07 Å². The lowest BCUT2D eigenvalue weighted by molar-refractivity contribution is -0.275. The van der Waals surface area contributed by atoms with Crippen molar-refractivity contribution < 1.29 is 36.9 Å². The van der Waals surface area contributed by atoms with Crippen LogP contribution in [0.3, 0.4) is 0 Å². The second-order valence-electron chi connectivity index (χ2n) is 3.35. The number of carboxylic acids is 1. The first-order valence-electron chi connectivity index (χ1n) is 4.87. The van der Waals surface area contributed by atoms with Crippen LogP contribution in [0.2, 0.25) is 0 Å². The molecule has 9 heteroatoms. The van der Waals surface area contributed by atoms with E-state index in [1.54, 1.807) is 0 Å². The van der Waals surface area contributed by atoms with Crippen LogP contribution in [-0.2, 0) is 17.9 Å². The Kier molecular flexibility index (Phi) is 4.52. The van der Waals surface area contributed by atoms with Gasteiger partial charge in [-0.3, -0.25) is 4.79 Å². The molecular formula is C10H9F4NO4. The molecule has 106 valence electrons. The Labute approximate surface area is 104 Å². The van der Waals surface area contributed by atoms with Crippen molar-refractivity contribution in [2.45, 2.75) is 19.5 Å². The zero-order valence-corrected chi connectivity index (χ0v) is 9.62. The van der Waals surface area contributed by atoms with Crippen molar-refractivity contribution in [3.63, 3.8) is 0 Å². The van der Waals surface area contributed by atoms with Gasteiger partial charge in [0.05, 0.1) is 24.8 Å². The van der Waals surface area contributed by atoms with Gasteiger partial charge in [0.25, 0.3) is 0 Å². The number of aromatic nitrogens is 1. The highest BCUT2D eigenvalue weighted by molar-refractivity contribution is 5.70. The fourth-order valence-electron chi connectivity index (χ4n) is 1.33. The lowest BCUT2D eigenvalue weighted by Gasteiger charge is -2.15. The van der Waals surface area contributed by atoms with Crippen LogP contribution in [0.1, 0.15) is 11.3 Å². The van der Waals surface area contributed by atoms with Gasteiger partial charge < -0.3 is 14.6 Å². The van der Waals surface area contributed by atoms with E-state index in [0.717, 1.165) is 13.2 Å². The number of carboxylic acid groups (broad SMARTS) is 1. The Bertz CT molecular complexity index is 475. The summed E-state index contributed by atoms with van der Waals surface area (Å²) >= 11 is 0. The minimum atomic E-state index is -5.03. The second-order valence-corrected chi connectivity index (χ2v) is 3.35. The molecule has 1 N–H and O–H groups in total. The molecule has 1 aromatic heterocycles. The Hall–Kier alpha value is -2.06. The number of methoxy groups -OCH3 is 1. The summed E-state index contributed by atoms with van der Waals surface area (Å²) < 4.78 is 57.5. The minimum Gasteiger partial charge on any atom is -0.481 e. The van der Waals surface area contributed by atoms with Crippen molar-refractivity contribution >= 4 is 5.97 Å². The summed E-state index contributed by atoms with van der Waals surface area (Å²) in [5, 5.41) is 8.56. The summed E-state index contributed by atoms with van der Waals surface area (Å²) in [4.78, 5) is 14.1. The number of rotatable bonds is 5. The molecule has 0 aromatic carbocycles. The van der Waals surface area contributed by atoms with E-state index in [1.807, 2.05) is 0 Å². The number of hydrogen-bond acceptors (Lipinski definition) is 4.